The van der Waals surface area contributed by atoms with Crippen molar-refractivity contribution in [3.05, 3.63) is 83.4 Å². The molecule has 1 aliphatic heterocycles. The van der Waals surface area contributed by atoms with Gasteiger partial charge in [0, 0.05) is 13.7 Å². The maximum atomic E-state index is 10.1. The molecule has 3 aromatic carbocycles. The average Bonchev–Trinajstić information content (AvgIpc) is 3.41. The number of ether oxygens (including phenoxy) is 5. The highest BCUT2D eigenvalue weighted by molar-refractivity contribution is 5.99. The fraction of sp³-hybridized carbons (Fsp3) is 0.333. The van der Waals surface area contributed by atoms with E-state index in [9.17, 15) is 5.11 Å². The van der Waals surface area contributed by atoms with Crippen LogP contribution in [0.4, 0.5) is 0 Å². The van der Waals surface area contributed by atoms with Gasteiger partial charge in [-0.3, -0.25) is 0 Å². The third kappa shape index (κ3) is 6.83. The number of likely N-dealkylation sites (N-methyl/N-ethyl adjacent to an activating group) is 1. The molecule has 1 unspecified atom stereocenters. The van der Waals surface area contributed by atoms with Gasteiger partial charge in [0.2, 0.25) is 6.79 Å². The molecule has 7 nitrogen and oxygen atoms in total. The van der Waals surface area contributed by atoms with Crippen molar-refractivity contribution in [1.29, 1.82) is 0 Å². The molecule has 0 aromatic heterocycles. The molecule has 196 valence electrons. The molecule has 0 bridgehead atoms. The third-order valence-corrected chi connectivity index (χ3v) is 6.08. The number of hydrogen-bond acceptors (Lipinski definition) is 7. The van der Waals surface area contributed by atoms with Gasteiger partial charge in [0.05, 0.1) is 0 Å². The van der Waals surface area contributed by atoms with Gasteiger partial charge in [-0.15, -0.1) is 0 Å². The summed E-state index contributed by atoms with van der Waals surface area (Å²) >= 11 is 0. The van der Waals surface area contributed by atoms with Gasteiger partial charge >= 0.3 is 0 Å². The number of aliphatic hydroxyl groups is 1. The monoisotopic (exact) mass is 505 g/mol. The van der Waals surface area contributed by atoms with Gasteiger partial charge in [-0.05, 0) is 77.2 Å². The first-order valence-corrected chi connectivity index (χ1v) is 12.6. The Labute approximate surface area is 218 Å². The van der Waals surface area contributed by atoms with Gasteiger partial charge in [-0.2, -0.15) is 0 Å². The number of allylic oxidation sites excluding steroid dienone is 1. The van der Waals surface area contributed by atoms with Crippen molar-refractivity contribution in [1.82, 2.24) is 5.32 Å². The summed E-state index contributed by atoms with van der Waals surface area (Å²) in [5.74, 6) is 2.97. The van der Waals surface area contributed by atoms with E-state index < -0.39 is 6.10 Å². The van der Waals surface area contributed by atoms with Gasteiger partial charge in [-0.1, -0.05) is 44.2 Å². The molecule has 0 fully saturated rings. The zero-order chi connectivity index (χ0) is 26.0. The van der Waals surface area contributed by atoms with Crippen LogP contribution in [0.2, 0.25) is 0 Å². The van der Waals surface area contributed by atoms with Crippen LogP contribution < -0.4 is 24.3 Å². The van der Waals surface area contributed by atoms with Crippen LogP contribution >= 0.6 is 0 Å². The lowest BCUT2D eigenvalue weighted by Crippen LogP contribution is -2.31. The van der Waals surface area contributed by atoms with Crippen LogP contribution in [0.5, 0.6) is 23.0 Å². The summed E-state index contributed by atoms with van der Waals surface area (Å²) in [4.78, 5) is 0. The molecular weight excluding hydrogens is 470 g/mol. The molecule has 0 spiro atoms. The Morgan fingerprint density at radius 1 is 0.865 bits per heavy atom. The van der Waals surface area contributed by atoms with Crippen molar-refractivity contribution >= 4 is 11.1 Å². The van der Waals surface area contributed by atoms with Gasteiger partial charge in [-0.25, -0.2) is 0 Å². The minimum Gasteiger partial charge on any atom is -0.491 e. The average molecular weight is 506 g/mol. The van der Waals surface area contributed by atoms with Crippen molar-refractivity contribution in [2.75, 3.05) is 40.4 Å². The predicted molar refractivity (Wildman–Crippen MR) is 144 cm³/mol. The van der Waals surface area contributed by atoms with E-state index in [1.807, 2.05) is 43.3 Å². The zero-order valence-corrected chi connectivity index (χ0v) is 21.7. The van der Waals surface area contributed by atoms with Crippen LogP contribution in [0.3, 0.4) is 0 Å². The Morgan fingerprint density at radius 3 is 2.11 bits per heavy atom. The number of aliphatic hydroxyl groups excluding tert-OH is 1. The van der Waals surface area contributed by atoms with Crippen LogP contribution in [0, 0.1) is 0 Å². The summed E-state index contributed by atoms with van der Waals surface area (Å²) in [7, 11) is 1.60. The Hall–Kier alpha value is -3.52. The number of benzene rings is 3. The molecule has 0 saturated heterocycles. The van der Waals surface area contributed by atoms with Gasteiger partial charge in [0.15, 0.2) is 18.3 Å². The first kappa shape index (κ1) is 26.5. The molecule has 1 aliphatic rings. The highest BCUT2D eigenvalue weighted by Crippen LogP contribution is 2.40. The highest BCUT2D eigenvalue weighted by atomic mass is 16.7. The maximum Gasteiger partial charge on any atom is 0.231 e. The molecular formula is C30H35NO6. The van der Waals surface area contributed by atoms with E-state index in [2.05, 4.69) is 42.6 Å². The second-order valence-electron chi connectivity index (χ2n) is 8.65. The van der Waals surface area contributed by atoms with Crippen LogP contribution in [0.1, 0.15) is 37.0 Å². The Kier molecular flexibility index (Phi) is 9.43. The van der Waals surface area contributed by atoms with E-state index in [1.54, 1.807) is 7.11 Å². The molecule has 2 N–H and O–H groups in total. The zero-order valence-electron chi connectivity index (χ0n) is 21.7. The molecule has 0 radical (unpaired) electrons. The minimum absolute atomic E-state index is 0.199. The number of fused-ring (bicyclic) bond motifs is 1. The molecule has 37 heavy (non-hydrogen) atoms. The topological polar surface area (TPSA) is 78.4 Å². The third-order valence-electron chi connectivity index (χ3n) is 6.08. The van der Waals surface area contributed by atoms with E-state index in [0.717, 1.165) is 52.5 Å². The van der Waals surface area contributed by atoms with Crippen LogP contribution in [0.15, 0.2) is 66.7 Å². The fourth-order valence-electron chi connectivity index (χ4n) is 4.25. The molecule has 0 aliphatic carbocycles. The lowest BCUT2D eigenvalue weighted by Gasteiger charge is -2.18. The fourth-order valence-corrected chi connectivity index (χ4v) is 4.25. The summed E-state index contributed by atoms with van der Waals surface area (Å²) in [6.45, 7) is 6.14. The highest BCUT2D eigenvalue weighted by Gasteiger charge is 2.18. The Morgan fingerprint density at radius 2 is 1.49 bits per heavy atom. The van der Waals surface area contributed by atoms with Crippen molar-refractivity contribution in [2.45, 2.75) is 26.4 Å². The number of hydrogen-bond donors (Lipinski definition) is 2. The second-order valence-corrected chi connectivity index (χ2v) is 8.65. The molecule has 1 atom stereocenters. The normalized spacial score (nSPS) is 13.7. The Bertz CT molecular complexity index is 1170. The molecule has 0 saturated carbocycles. The number of rotatable bonds is 13. The van der Waals surface area contributed by atoms with Crippen LogP contribution in [0.25, 0.3) is 11.1 Å². The van der Waals surface area contributed by atoms with Crippen molar-refractivity contribution < 1.29 is 28.8 Å². The molecule has 3 aromatic rings. The second kappa shape index (κ2) is 13.1. The van der Waals surface area contributed by atoms with Crippen molar-refractivity contribution in [3.8, 4) is 23.0 Å². The largest absolute Gasteiger partial charge is 0.491 e. The van der Waals surface area contributed by atoms with Crippen LogP contribution in [-0.4, -0.2) is 51.6 Å². The summed E-state index contributed by atoms with van der Waals surface area (Å²) in [5, 5.41) is 13.2. The smallest absolute Gasteiger partial charge is 0.231 e. The summed E-state index contributed by atoms with van der Waals surface area (Å²) < 4.78 is 27.6. The number of methoxy groups -OCH3 is 1. The van der Waals surface area contributed by atoms with E-state index in [1.165, 1.54) is 5.57 Å². The molecule has 0 amide bonds. The minimum atomic E-state index is -0.563. The summed E-state index contributed by atoms with van der Waals surface area (Å²) in [6.07, 6.45) is 0.248. The predicted octanol–water partition coefficient (Wildman–Crippen LogP) is 5.12. The first-order valence-electron chi connectivity index (χ1n) is 12.6. The Balaban J connectivity index is 1.68. The summed E-state index contributed by atoms with van der Waals surface area (Å²) in [5.41, 5.74) is 5.49. The van der Waals surface area contributed by atoms with E-state index in [0.29, 0.717) is 12.3 Å². The molecule has 1 heterocycles. The first-order chi connectivity index (χ1) is 18.1. The van der Waals surface area contributed by atoms with E-state index in [4.69, 9.17) is 23.7 Å². The number of nitrogens with one attached hydrogen (secondary N) is 1. The van der Waals surface area contributed by atoms with Crippen LogP contribution in [-0.2, 0) is 4.74 Å². The van der Waals surface area contributed by atoms with E-state index >= 15 is 0 Å². The quantitative estimate of drug-likeness (QED) is 0.247. The van der Waals surface area contributed by atoms with Crippen molar-refractivity contribution in [3.63, 3.8) is 0 Å². The van der Waals surface area contributed by atoms with E-state index in [-0.39, 0.29) is 20.2 Å². The van der Waals surface area contributed by atoms with Gasteiger partial charge < -0.3 is 34.1 Å². The van der Waals surface area contributed by atoms with Gasteiger partial charge in [0.1, 0.15) is 24.2 Å². The summed E-state index contributed by atoms with van der Waals surface area (Å²) in [6, 6.07) is 22.1. The molecule has 4 rings (SSSR count). The van der Waals surface area contributed by atoms with Gasteiger partial charge in [0.25, 0.3) is 0 Å². The van der Waals surface area contributed by atoms with Crippen molar-refractivity contribution in [2.24, 2.45) is 0 Å². The lowest BCUT2D eigenvalue weighted by molar-refractivity contribution is 0.0511. The molecule has 7 heteroatoms. The lowest BCUT2D eigenvalue weighted by atomic mass is 9.88. The maximum absolute atomic E-state index is 10.1. The standard InChI is InChI=1S/C30H35NO6/c1-4-27(23-10-15-28-29(16-23)37-20-36-28)30(22-8-13-26(14-9-22)35-19-33-3)21-6-11-25(12-7-21)34-18-24(32)17-31-5-2/h6-16,24,31-32H,4-5,17-20H2,1-3H3/b30-27+. The SMILES string of the molecule is CCNCC(O)COc1ccc(/C(=C(/CC)c2ccc3c(c2)OCO3)c2ccc(OCOC)cc2)cc1.